The van der Waals surface area contributed by atoms with Gasteiger partial charge in [-0.3, -0.25) is 0 Å². The lowest BCUT2D eigenvalue weighted by Crippen LogP contribution is -2.00. The summed E-state index contributed by atoms with van der Waals surface area (Å²) in [7, 11) is 0. The Labute approximate surface area is 363 Å². The van der Waals surface area contributed by atoms with Gasteiger partial charge in [-0.15, -0.1) is 0 Å². The minimum Gasteiger partial charge on any atom is -0.456 e. The number of para-hydroxylation sites is 2. The standard InChI is InChI=1S/C58H36N4O/c1-4-14-40(15-5-1)54-49-34-35-51-53(47-22-10-11-25-50(47)63-51)52(49)48-24-13-23-46(55(48)59-54)45-21-12-20-44(36-45)39-28-26-37(27-29-39)38-30-32-43(33-31-38)58-61-56(41-16-6-2-7-17-41)60-57(62-58)42-18-8-3-9-19-42/h1-36H. The van der Waals surface area contributed by atoms with Gasteiger partial charge in [-0.05, 0) is 52.1 Å². The fraction of sp³-hybridized carbons (Fsp3) is 0. The SMILES string of the molecule is c1ccc(-c2nc(-c3ccccc3)nc(-c3ccc(-c4ccc(-c5cccc(-c6cccc7c6nc(-c6ccccc6)c6ccc8oc9ccccc9c8c67)c5)cc4)cc3)n2)cc1. The van der Waals surface area contributed by atoms with Gasteiger partial charge in [0.2, 0.25) is 0 Å². The second-order valence-corrected chi connectivity index (χ2v) is 15.8. The highest BCUT2D eigenvalue weighted by Crippen LogP contribution is 2.43. The van der Waals surface area contributed by atoms with E-state index in [0.717, 1.165) is 105 Å². The Morgan fingerprint density at radius 1 is 0.270 bits per heavy atom. The third-order valence-corrected chi connectivity index (χ3v) is 11.9. The Bertz CT molecular complexity index is 3580. The monoisotopic (exact) mass is 804 g/mol. The number of pyridine rings is 1. The highest BCUT2D eigenvalue weighted by atomic mass is 16.3. The van der Waals surface area contributed by atoms with Crippen LogP contribution in [0.15, 0.2) is 223 Å². The van der Waals surface area contributed by atoms with Gasteiger partial charge in [0.15, 0.2) is 17.5 Å². The maximum atomic E-state index is 6.40. The summed E-state index contributed by atoms with van der Waals surface area (Å²) in [6.07, 6.45) is 0. The van der Waals surface area contributed by atoms with Crippen LogP contribution in [0.3, 0.4) is 0 Å². The van der Waals surface area contributed by atoms with Gasteiger partial charge < -0.3 is 4.42 Å². The molecule has 63 heavy (non-hydrogen) atoms. The second kappa shape index (κ2) is 15.2. The van der Waals surface area contributed by atoms with Crippen molar-refractivity contribution in [2.75, 3.05) is 0 Å². The first-order valence-corrected chi connectivity index (χ1v) is 21.1. The molecule has 294 valence electrons. The molecular weight excluding hydrogens is 769 g/mol. The lowest BCUT2D eigenvalue weighted by Gasteiger charge is -2.15. The number of aromatic nitrogens is 4. The molecular formula is C58H36N4O. The Balaban J connectivity index is 0.900. The molecule has 0 aliphatic heterocycles. The van der Waals surface area contributed by atoms with Crippen LogP contribution in [0.25, 0.3) is 122 Å². The number of furan rings is 1. The number of hydrogen-bond donors (Lipinski definition) is 0. The predicted octanol–water partition coefficient (Wildman–Crippen LogP) is 15.1. The molecule has 0 aliphatic carbocycles. The number of benzene rings is 9. The van der Waals surface area contributed by atoms with Gasteiger partial charge in [-0.1, -0.05) is 194 Å². The largest absolute Gasteiger partial charge is 0.456 e. The van der Waals surface area contributed by atoms with Crippen LogP contribution in [0.5, 0.6) is 0 Å². The summed E-state index contributed by atoms with van der Waals surface area (Å²) in [5.74, 6) is 1.93. The molecule has 0 atom stereocenters. The Kier molecular flexibility index (Phi) is 8.75. The first-order valence-electron chi connectivity index (χ1n) is 21.1. The van der Waals surface area contributed by atoms with Crippen molar-refractivity contribution in [2.45, 2.75) is 0 Å². The molecule has 0 saturated heterocycles. The second-order valence-electron chi connectivity index (χ2n) is 15.8. The summed E-state index contributed by atoms with van der Waals surface area (Å²) in [6.45, 7) is 0. The van der Waals surface area contributed by atoms with E-state index in [1.807, 2.05) is 72.8 Å². The van der Waals surface area contributed by atoms with Crippen LogP contribution in [0.4, 0.5) is 0 Å². The van der Waals surface area contributed by atoms with Crippen molar-refractivity contribution in [1.29, 1.82) is 0 Å². The maximum Gasteiger partial charge on any atom is 0.164 e. The number of nitrogens with zero attached hydrogens (tertiary/aromatic N) is 4. The van der Waals surface area contributed by atoms with Gasteiger partial charge in [0.05, 0.1) is 11.2 Å². The van der Waals surface area contributed by atoms with Crippen LogP contribution in [-0.4, -0.2) is 19.9 Å². The predicted molar refractivity (Wildman–Crippen MR) is 258 cm³/mol. The molecule has 0 radical (unpaired) electrons. The number of rotatable bonds is 7. The summed E-state index contributed by atoms with van der Waals surface area (Å²) in [5.41, 5.74) is 14.3. The van der Waals surface area contributed by atoms with Crippen LogP contribution in [0, 0.1) is 0 Å². The summed E-state index contributed by atoms with van der Waals surface area (Å²) in [6, 6.07) is 75.8. The Morgan fingerprint density at radius 3 is 1.38 bits per heavy atom. The van der Waals surface area contributed by atoms with Crippen molar-refractivity contribution in [2.24, 2.45) is 0 Å². The van der Waals surface area contributed by atoms with E-state index in [0.29, 0.717) is 17.5 Å². The van der Waals surface area contributed by atoms with Gasteiger partial charge in [0.1, 0.15) is 11.2 Å². The molecule has 0 unspecified atom stereocenters. The molecule has 0 saturated carbocycles. The highest BCUT2D eigenvalue weighted by Gasteiger charge is 2.19. The zero-order valence-corrected chi connectivity index (χ0v) is 34.0. The number of hydrogen-bond acceptors (Lipinski definition) is 5. The lowest BCUT2D eigenvalue weighted by molar-refractivity contribution is 0.669. The smallest absolute Gasteiger partial charge is 0.164 e. The van der Waals surface area contributed by atoms with E-state index in [9.17, 15) is 0 Å². The summed E-state index contributed by atoms with van der Waals surface area (Å²) in [4.78, 5) is 20.2. The van der Waals surface area contributed by atoms with Gasteiger partial charge in [0.25, 0.3) is 0 Å². The molecule has 0 aliphatic rings. The van der Waals surface area contributed by atoms with E-state index in [1.165, 1.54) is 0 Å². The minimum absolute atomic E-state index is 0.638. The molecule has 3 heterocycles. The van der Waals surface area contributed by atoms with E-state index >= 15 is 0 Å². The van der Waals surface area contributed by atoms with Crippen molar-refractivity contribution >= 4 is 43.6 Å². The zero-order valence-electron chi connectivity index (χ0n) is 34.0. The van der Waals surface area contributed by atoms with Crippen molar-refractivity contribution in [1.82, 2.24) is 19.9 Å². The minimum atomic E-state index is 0.638. The first kappa shape index (κ1) is 36.3. The van der Waals surface area contributed by atoms with Crippen LogP contribution >= 0.6 is 0 Å². The van der Waals surface area contributed by atoms with Crippen LogP contribution in [-0.2, 0) is 0 Å². The Hall–Kier alpha value is -8.54. The molecule has 0 amide bonds. The van der Waals surface area contributed by atoms with Gasteiger partial charge in [0, 0.05) is 54.7 Å². The van der Waals surface area contributed by atoms with Crippen LogP contribution in [0.1, 0.15) is 0 Å². The summed E-state index contributed by atoms with van der Waals surface area (Å²) < 4.78 is 6.40. The maximum absolute atomic E-state index is 6.40. The van der Waals surface area contributed by atoms with Gasteiger partial charge in [-0.25, -0.2) is 19.9 Å². The fourth-order valence-corrected chi connectivity index (χ4v) is 8.85. The van der Waals surface area contributed by atoms with Crippen molar-refractivity contribution < 1.29 is 4.42 Å². The van der Waals surface area contributed by atoms with Crippen molar-refractivity contribution in [3.8, 4) is 78.8 Å². The van der Waals surface area contributed by atoms with E-state index < -0.39 is 0 Å². The molecule has 0 bridgehead atoms. The molecule has 9 aromatic carbocycles. The normalized spacial score (nSPS) is 11.5. The highest BCUT2D eigenvalue weighted by molar-refractivity contribution is 6.29. The molecule has 5 nitrogen and oxygen atoms in total. The molecule has 3 aromatic heterocycles. The van der Waals surface area contributed by atoms with Gasteiger partial charge in [-0.2, -0.15) is 0 Å². The quantitative estimate of drug-likeness (QED) is 0.150. The van der Waals surface area contributed by atoms with E-state index in [-0.39, 0.29) is 0 Å². The first-order chi connectivity index (χ1) is 31.2. The van der Waals surface area contributed by atoms with Crippen molar-refractivity contribution in [3.63, 3.8) is 0 Å². The molecule has 5 heteroatoms. The molecule has 0 fully saturated rings. The molecule has 12 aromatic rings. The van der Waals surface area contributed by atoms with Crippen LogP contribution in [0.2, 0.25) is 0 Å². The average molecular weight is 805 g/mol. The van der Waals surface area contributed by atoms with Crippen molar-refractivity contribution in [3.05, 3.63) is 218 Å². The molecule has 12 rings (SSSR count). The van der Waals surface area contributed by atoms with Crippen LogP contribution < -0.4 is 0 Å². The average Bonchev–Trinajstić information content (AvgIpc) is 3.76. The van der Waals surface area contributed by atoms with E-state index in [4.69, 9.17) is 24.4 Å². The molecule has 0 N–H and O–H groups in total. The summed E-state index contributed by atoms with van der Waals surface area (Å²) in [5, 5.41) is 5.59. The lowest BCUT2D eigenvalue weighted by atomic mass is 9.92. The third-order valence-electron chi connectivity index (χ3n) is 11.9. The Morgan fingerprint density at radius 2 is 0.746 bits per heavy atom. The van der Waals surface area contributed by atoms with E-state index in [1.54, 1.807) is 0 Å². The zero-order chi connectivity index (χ0) is 41.7. The number of fused-ring (bicyclic) bond motifs is 7. The fourth-order valence-electron chi connectivity index (χ4n) is 8.85. The molecule has 0 spiro atoms. The van der Waals surface area contributed by atoms with E-state index in [2.05, 4.69) is 146 Å². The third kappa shape index (κ3) is 6.51. The topological polar surface area (TPSA) is 64.7 Å². The summed E-state index contributed by atoms with van der Waals surface area (Å²) >= 11 is 0. The van der Waals surface area contributed by atoms with Gasteiger partial charge >= 0.3 is 0 Å².